The molecule has 0 bridgehead atoms. The first kappa shape index (κ1) is 22.0. The zero-order chi connectivity index (χ0) is 17.4. The maximum atomic E-state index is 5.65. The van der Waals surface area contributed by atoms with Crippen LogP contribution in [0, 0.1) is 5.92 Å². The first-order valence-corrected chi connectivity index (χ1v) is 8.67. The van der Waals surface area contributed by atoms with Gasteiger partial charge in [-0.3, -0.25) is 0 Å². The Morgan fingerprint density at radius 3 is 2.64 bits per heavy atom. The molecule has 1 heterocycles. The molecule has 6 nitrogen and oxygen atoms in total. The van der Waals surface area contributed by atoms with E-state index in [4.69, 9.17) is 9.47 Å². The molecule has 25 heavy (non-hydrogen) atoms. The maximum Gasteiger partial charge on any atom is 0.213 e. The van der Waals surface area contributed by atoms with Gasteiger partial charge in [0.1, 0.15) is 0 Å². The SMILES string of the molecule is CCNC(=NCc1ccc(OCC2CC2)nc1)NCC(C)(C)OC.I. The van der Waals surface area contributed by atoms with E-state index in [0.29, 0.717) is 19.0 Å². The van der Waals surface area contributed by atoms with Crippen LogP contribution in [0.5, 0.6) is 5.88 Å². The number of ether oxygens (including phenoxy) is 2. The van der Waals surface area contributed by atoms with Crippen molar-refractivity contribution >= 4 is 29.9 Å². The van der Waals surface area contributed by atoms with Gasteiger partial charge < -0.3 is 20.1 Å². The number of rotatable bonds is 9. The average molecular weight is 462 g/mol. The van der Waals surface area contributed by atoms with E-state index < -0.39 is 0 Å². The number of guanidine groups is 1. The van der Waals surface area contributed by atoms with Crippen LogP contribution < -0.4 is 15.4 Å². The average Bonchev–Trinajstić information content (AvgIpc) is 3.41. The van der Waals surface area contributed by atoms with Gasteiger partial charge in [-0.05, 0) is 45.1 Å². The lowest BCUT2D eigenvalue weighted by atomic mass is 10.1. The second-order valence-corrected chi connectivity index (χ2v) is 6.77. The van der Waals surface area contributed by atoms with Crippen molar-refractivity contribution in [2.75, 3.05) is 26.8 Å². The summed E-state index contributed by atoms with van der Waals surface area (Å²) in [5.41, 5.74) is 0.815. The molecule has 0 saturated heterocycles. The number of aromatic nitrogens is 1. The summed E-state index contributed by atoms with van der Waals surface area (Å²) in [5.74, 6) is 2.21. The molecule has 1 aromatic heterocycles. The minimum atomic E-state index is -0.238. The molecule has 7 heteroatoms. The van der Waals surface area contributed by atoms with Gasteiger partial charge in [-0.25, -0.2) is 9.98 Å². The Kier molecular flexibility index (Phi) is 9.48. The molecule has 1 saturated carbocycles. The van der Waals surface area contributed by atoms with Crippen LogP contribution in [0.15, 0.2) is 23.3 Å². The molecule has 2 N–H and O–H groups in total. The van der Waals surface area contributed by atoms with E-state index in [1.54, 1.807) is 7.11 Å². The van der Waals surface area contributed by atoms with Gasteiger partial charge in [-0.2, -0.15) is 0 Å². The molecule has 1 aliphatic rings. The molecule has 0 spiro atoms. The number of nitrogens with zero attached hydrogens (tertiary/aromatic N) is 2. The molecule has 1 aliphatic carbocycles. The molecule has 0 radical (unpaired) electrons. The second kappa shape index (κ2) is 10.8. The van der Waals surface area contributed by atoms with Crippen LogP contribution in [-0.2, 0) is 11.3 Å². The summed E-state index contributed by atoms with van der Waals surface area (Å²) >= 11 is 0. The van der Waals surface area contributed by atoms with Gasteiger partial charge in [0.05, 0.1) is 18.8 Å². The van der Waals surface area contributed by atoms with E-state index in [1.807, 2.05) is 39.1 Å². The molecular weight excluding hydrogens is 431 g/mol. The molecule has 0 atom stereocenters. The standard InChI is InChI=1S/C18H30N4O2.HI/c1-5-19-17(22-13-18(2,3)23-4)21-11-15-8-9-16(20-10-15)24-12-14-6-7-14;/h8-10,14H,5-7,11-13H2,1-4H3,(H2,19,21,22);1H. The molecule has 0 unspecified atom stereocenters. The van der Waals surface area contributed by atoms with Gasteiger partial charge in [-0.1, -0.05) is 6.07 Å². The summed E-state index contributed by atoms with van der Waals surface area (Å²) in [6.07, 6.45) is 4.40. The lowest BCUT2D eigenvalue weighted by Crippen LogP contribution is -2.45. The molecule has 0 amide bonds. The van der Waals surface area contributed by atoms with Crippen LogP contribution in [0.1, 0.15) is 39.2 Å². The minimum Gasteiger partial charge on any atom is -0.477 e. The Morgan fingerprint density at radius 2 is 2.08 bits per heavy atom. The highest BCUT2D eigenvalue weighted by molar-refractivity contribution is 14.0. The molecule has 0 aromatic carbocycles. The summed E-state index contributed by atoms with van der Waals surface area (Å²) in [6.45, 7) is 8.97. The number of halogens is 1. The van der Waals surface area contributed by atoms with Crippen LogP contribution in [0.25, 0.3) is 0 Å². The molecule has 0 aliphatic heterocycles. The third kappa shape index (κ3) is 8.71. The third-order valence-corrected chi connectivity index (χ3v) is 3.96. The lowest BCUT2D eigenvalue weighted by molar-refractivity contribution is 0.0268. The van der Waals surface area contributed by atoms with Gasteiger partial charge in [0, 0.05) is 32.5 Å². The van der Waals surface area contributed by atoms with Crippen LogP contribution in [-0.4, -0.2) is 43.4 Å². The predicted molar refractivity (Wildman–Crippen MR) is 112 cm³/mol. The van der Waals surface area contributed by atoms with E-state index >= 15 is 0 Å². The van der Waals surface area contributed by atoms with Crippen molar-refractivity contribution in [3.63, 3.8) is 0 Å². The fourth-order valence-corrected chi connectivity index (χ4v) is 1.96. The first-order valence-electron chi connectivity index (χ1n) is 8.67. The maximum absolute atomic E-state index is 5.65. The van der Waals surface area contributed by atoms with Crippen molar-refractivity contribution in [2.45, 2.75) is 45.8 Å². The summed E-state index contributed by atoms with van der Waals surface area (Å²) in [5, 5.41) is 6.54. The van der Waals surface area contributed by atoms with Crippen LogP contribution in [0.4, 0.5) is 0 Å². The van der Waals surface area contributed by atoms with E-state index in [1.165, 1.54) is 12.8 Å². The molecule has 1 aromatic rings. The second-order valence-electron chi connectivity index (χ2n) is 6.77. The normalized spacial score (nSPS) is 14.6. The van der Waals surface area contributed by atoms with Crippen LogP contribution in [0.3, 0.4) is 0 Å². The molecule has 142 valence electrons. The van der Waals surface area contributed by atoms with Crippen molar-refractivity contribution in [1.29, 1.82) is 0 Å². The fraction of sp³-hybridized carbons (Fsp3) is 0.667. The Labute approximate surface area is 168 Å². The van der Waals surface area contributed by atoms with E-state index in [2.05, 4.69) is 20.6 Å². The zero-order valence-corrected chi connectivity index (χ0v) is 18.0. The molecule has 1 fully saturated rings. The van der Waals surface area contributed by atoms with E-state index in [0.717, 1.165) is 30.6 Å². The monoisotopic (exact) mass is 462 g/mol. The number of hydrogen-bond acceptors (Lipinski definition) is 4. The van der Waals surface area contributed by atoms with Crippen molar-refractivity contribution in [3.05, 3.63) is 23.9 Å². The number of hydrogen-bond donors (Lipinski definition) is 2. The van der Waals surface area contributed by atoms with Crippen molar-refractivity contribution in [3.8, 4) is 5.88 Å². The zero-order valence-electron chi connectivity index (χ0n) is 15.7. The Balaban J connectivity index is 0.00000312. The summed E-state index contributed by atoms with van der Waals surface area (Å²) in [6, 6.07) is 3.93. The van der Waals surface area contributed by atoms with Crippen molar-refractivity contribution < 1.29 is 9.47 Å². The van der Waals surface area contributed by atoms with E-state index in [-0.39, 0.29) is 29.6 Å². The number of methoxy groups -OCH3 is 1. The number of pyridine rings is 1. The van der Waals surface area contributed by atoms with Crippen LogP contribution in [0.2, 0.25) is 0 Å². The quantitative estimate of drug-likeness (QED) is 0.336. The largest absolute Gasteiger partial charge is 0.477 e. The highest BCUT2D eigenvalue weighted by Gasteiger charge is 2.22. The Morgan fingerprint density at radius 1 is 1.32 bits per heavy atom. The topological polar surface area (TPSA) is 67.8 Å². The Bertz CT molecular complexity index is 530. The first-order chi connectivity index (χ1) is 11.5. The Hall–Kier alpha value is -1.09. The van der Waals surface area contributed by atoms with Gasteiger partial charge in [0.25, 0.3) is 0 Å². The van der Waals surface area contributed by atoms with E-state index in [9.17, 15) is 0 Å². The lowest BCUT2D eigenvalue weighted by Gasteiger charge is -2.24. The third-order valence-electron chi connectivity index (χ3n) is 3.96. The summed E-state index contributed by atoms with van der Waals surface area (Å²) in [7, 11) is 1.71. The molecular formula is C18H31IN4O2. The fourth-order valence-electron chi connectivity index (χ4n) is 1.96. The highest BCUT2D eigenvalue weighted by Crippen LogP contribution is 2.29. The molecule has 2 rings (SSSR count). The van der Waals surface area contributed by atoms with Gasteiger partial charge in [-0.15, -0.1) is 24.0 Å². The summed E-state index contributed by atoms with van der Waals surface area (Å²) in [4.78, 5) is 8.94. The predicted octanol–water partition coefficient (Wildman–Crippen LogP) is 2.97. The van der Waals surface area contributed by atoms with Gasteiger partial charge in [0.15, 0.2) is 5.96 Å². The van der Waals surface area contributed by atoms with Crippen molar-refractivity contribution in [1.82, 2.24) is 15.6 Å². The van der Waals surface area contributed by atoms with Gasteiger partial charge >= 0.3 is 0 Å². The number of nitrogens with one attached hydrogen (secondary N) is 2. The summed E-state index contributed by atoms with van der Waals surface area (Å²) < 4.78 is 11.1. The number of aliphatic imine (C=N–C) groups is 1. The smallest absolute Gasteiger partial charge is 0.213 e. The van der Waals surface area contributed by atoms with Gasteiger partial charge in [0.2, 0.25) is 5.88 Å². The highest BCUT2D eigenvalue weighted by atomic mass is 127. The van der Waals surface area contributed by atoms with Crippen LogP contribution >= 0.6 is 24.0 Å². The minimum absolute atomic E-state index is 0. The van der Waals surface area contributed by atoms with Crippen molar-refractivity contribution in [2.24, 2.45) is 10.9 Å².